The molecular formula is C26H30FNO4. The minimum absolute atomic E-state index is 0.0903. The number of carbonyl (C=O) groups is 2. The van der Waals surface area contributed by atoms with Gasteiger partial charge in [0.25, 0.3) is 11.7 Å². The Morgan fingerprint density at radius 3 is 2.41 bits per heavy atom. The summed E-state index contributed by atoms with van der Waals surface area (Å²) in [6.45, 7) is 7.00. The van der Waals surface area contributed by atoms with E-state index >= 15 is 0 Å². The predicted molar refractivity (Wildman–Crippen MR) is 122 cm³/mol. The molecule has 1 saturated heterocycles. The molecule has 1 unspecified atom stereocenters. The number of ether oxygens (including phenoxy) is 1. The molecular weight excluding hydrogens is 409 g/mol. The molecule has 2 aromatic rings. The zero-order valence-corrected chi connectivity index (χ0v) is 18.8. The van der Waals surface area contributed by atoms with Crippen molar-refractivity contribution in [2.24, 2.45) is 5.92 Å². The van der Waals surface area contributed by atoms with Gasteiger partial charge in [-0.2, -0.15) is 0 Å². The molecule has 5 nitrogen and oxygen atoms in total. The highest BCUT2D eigenvalue weighted by atomic mass is 19.1. The molecule has 1 amide bonds. The number of carbonyl (C=O) groups excluding carboxylic acids is 2. The first-order valence-electron chi connectivity index (χ1n) is 11.1. The Bertz CT molecular complexity index is 997. The molecule has 6 heteroatoms. The van der Waals surface area contributed by atoms with E-state index in [2.05, 4.69) is 0 Å². The van der Waals surface area contributed by atoms with Crippen LogP contribution in [-0.2, 0) is 9.59 Å². The SMILES string of the molecule is CCCCCN1C(=O)C(=O)/C(=C(\O)c2ccc(OCC(C)C)cc2)C1c1ccccc1F. The van der Waals surface area contributed by atoms with Crippen LogP contribution in [0.2, 0.25) is 0 Å². The van der Waals surface area contributed by atoms with Gasteiger partial charge in [0, 0.05) is 17.7 Å². The Kier molecular flexibility index (Phi) is 7.67. The van der Waals surface area contributed by atoms with E-state index in [1.807, 2.05) is 20.8 Å². The molecule has 170 valence electrons. The minimum Gasteiger partial charge on any atom is -0.507 e. The quantitative estimate of drug-likeness (QED) is 0.243. The van der Waals surface area contributed by atoms with Gasteiger partial charge in [0.15, 0.2) is 0 Å². The molecule has 0 bridgehead atoms. The predicted octanol–water partition coefficient (Wildman–Crippen LogP) is 5.47. The molecule has 3 rings (SSSR count). The van der Waals surface area contributed by atoms with Crippen LogP contribution in [0.1, 0.15) is 57.2 Å². The largest absolute Gasteiger partial charge is 0.507 e. The second-order valence-corrected chi connectivity index (χ2v) is 8.45. The summed E-state index contributed by atoms with van der Waals surface area (Å²) >= 11 is 0. The van der Waals surface area contributed by atoms with Gasteiger partial charge in [-0.1, -0.05) is 51.8 Å². The third-order valence-electron chi connectivity index (χ3n) is 5.45. The topological polar surface area (TPSA) is 66.8 Å². The van der Waals surface area contributed by atoms with Crippen molar-refractivity contribution in [3.05, 3.63) is 71.0 Å². The van der Waals surface area contributed by atoms with Crippen molar-refractivity contribution in [2.45, 2.75) is 46.1 Å². The van der Waals surface area contributed by atoms with Crippen LogP contribution in [0.5, 0.6) is 5.75 Å². The van der Waals surface area contributed by atoms with Gasteiger partial charge in [0.1, 0.15) is 17.3 Å². The van der Waals surface area contributed by atoms with Crippen molar-refractivity contribution < 1.29 is 23.8 Å². The third kappa shape index (κ3) is 5.01. The van der Waals surface area contributed by atoms with Gasteiger partial charge >= 0.3 is 0 Å². The number of likely N-dealkylation sites (tertiary alicyclic amines) is 1. The van der Waals surface area contributed by atoms with Crippen molar-refractivity contribution in [1.29, 1.82) is 0 Å². The first kappa shape index (κ1) is 23.5. The molecule has 1 N–H and O–H groups in total. The fourth-order valence-electron chi connectivity index (χ4n) is 3.79. The second-order valence-electron chi connectivity index (χ2n) is 8.45. The fourth-order valence-corrected chi connectivity index (χ4v) is 3.79. The van der Waals surface area contributed by atoms with Crippen LogP contribution in [0, 0.1) is 11.7 Å². The third-order valence-corrected chi connectivity index (χ3v) is 5.45. The summed E-state index contributed by atoms with van der Waals surface area (Å²) in [6.07, 6.45) is 2.51. The zero-order chi connectivity index (χ0) is 23.3. The molecule has 0 radical (unpaired) electrons. The van der Waals surface area contributed by atoms with Crippen LogP contribution in [0.25, 0.3) is 5.76 Å². The Morgan fingerprint density at radius 2 is 1.78 bits per heavy atom. The standard InChI is InChI=1S/C26H30FNO4/c1-4-5-8-15-28-23(20-9-6-7-10-21(20)27)22(25(30)26(28)31)24(29)18-11-13-19(14-12-18)32-16-17(2)3/h6-7,9-14,17,23,29H,4-5,8,15-16H2,1-3H3/b24-22-. The van der Waals surface area contributed by atoms with Crippen molar-refractivity contribution >= 4 is 17.4 Å². The number of nitrogens with zero attached hydrogens (tertiary/aromatic N) is 1. The Hall–Kier alpha value is -3.15. The first-order chi connectivity index (χ1) is 15.3. The first-order valence-corrected chi connectivity index (χ1v) is 11.1. The number of benzene rings is 2. The van der Waals surface area contributed by atoms with Crippen LogP contribution < -0.4 is 4.74 Å². The van der Waals surface area contributed by atoms with Crippen LogP contribution >= 0.6 is 0 Å². The molecule has 2 aromatic carbocycles. The maximum atomic E-state index is 14.7. The Labute approximate surface area is 188 Å². The smallest absolute Gasteiger partial charge is 0.295 e. The van der Waals surface area contributed by atoms with Gasteiger partial charge in [-0.05, 0) is 42.7 Å². The lowest BCUT2D eigenvalue weighted by atomic mass is 9.95. The van der Waals surface area contributed by atoms with Gasteiger partial charge in [0.2, 0.25) is 0 Å². The molecule has 1 aliphatic rings. The van der Waals surface area contributed by atoms with Crippen molar-refractivity contribution in [2.75, 3.05) is 13.2 Å². The molecule has 1 heterocycles. The summed E-state index contributed by atoms with van der Waals surface area (Å²) in [5, 5.41) is 11.0. The van der Waals surface area contributed by atoms with E-state index < -0.39 is 23.5 Å². The van der Waals surface area contributed by atoms with Gasteiger partial charge in [-0.25, -0.2) is 4.39 Å². The monoisotopic (exact) mass is 439 g/mol. The van der Waals surface area contributed by atoms with E-state index in [1.54, 1.807) is 42.5 Å². The summed E-state index contributed by atoms with van der Waals surface area (Å²) in [4.78, 5) is 27.2. The molecule has 0 spiro atoms. The van der Waals surface area contributed by atoms with E-state index in [9.17, 15) is 19.1 Å². The molecule has 0 aliphatic carbocycles. The number of unbranched alkanes of at least 4 members (excludes halogenated alkanes) is 2. The highest BCUT2D eigenvalue weighted by Gasteiger charge is 2.46. The van der Waals surface area contributed by atoms with Crippen LogP contribution in [0.3, 0.4) is 0 Å². The van der Waals surface area contributed by atoms with Crippen molar-refractivity contribution in [1.82, 2.24) is 4.90 Å². The van der Waals surface area contributed by atoms with E-state index in [4.69, 9.17) is 4.74 Å². The minimum atomic E-state index is -0.968. The highest BCUT2D eigenvalue weighted by molar-refractivity contribution is 6.46. The summed E-state index contributed by atoms with van der Waals surface area (Å²) in [5.41, 5.74) is 0.476. The van der Waals surface area contributed by atoms with E-state index in [0.29, 0.717) is 36.8 Å². The van der Waals surface area contributed by atoms with Crippen LogP contribution in [-0.4, -0.2) is 34.8 Å². The normalized spacial score (nSPS) is 17.9. The average Bonchev–Trinajstić information content (AvgIpc) is 3.03. The number of hydrogen-bond acceptors (Lipinski definition) is 4. The summed E-state index contributed by atoms with van der Waals surface area (Å²) in [5.74, 6) is -1.35. The van der Waals surface area contributed by atoms with E-state index in [0.717, 1.165) is 12.8 Å². The van der Waals surface area contributed by atoms with Gasteiger partial charge in [-0.15, -0.1) is 0 Å². The summed E-state index contributed by atoms with van der Waals surface area (Å²) in [7, 11) is 0. The summed E-state index contributed by atoms with van der Waals surface area (Å²) < 4.78 is 20.4. The Morgan fingerprint density at radius 1 is 1.09 bits per heavy atom. The second kappa shape index (κ2) is 10.4. The number of amides is 1. The maximum absolute atomic E-state index is 14.7. The molecule has 0 aromatic heterocycles. The lowest BCUT2D eigenvalue weighted by Crippen LogP contribution is -2.31. The zero-order valence-electron chi connectivity index (χ0n) is 18.8. The molecule has 0 saturated carbocycles. The number of halogens is 1. The number of aliphatic hydroxyl groups is 1. The molecule has 1 atom stereocenters. The van der Waals surface area contributed by atoms with Gasteiger partial charge < -0.3 is 14.7 Å². The van der Waals surface area contributed by atoms with E-state index in [1.165, 1.54) is 11.0 Å². The molecule has 32 heavy (non-hydrogen) atoms. The molecule has 1 fully saturated rings. The number of Topliss-reactive ketones (excluding diaryl/α,β-unsaturated/α-hetero) is 1. The lowest BCUT2D eigenvalue weighted by Gasteiger charge is -2.25. The van der Waals surface area contributed by atoms with E-state index in [-0.39, 0.29) is 16.9 Å². The van der Waals surface area contributed by atoms with Crippen molar-refractivity contribution in [3.63, 3.8) is 0 Å². The van der Waals surface area contributed by atoms with Crippen molar-refractivity contribution in [3.8, 4) is 5.75 Å². The number of rotatable bonds is 9. The van der Waals surface area contributed by atoms with Gasteiger partial charge in [-0.3, -0.25) is 9.59 Å². The number of aliphatic hydroxyl groups excluding tert-OH is 1. The van der Waals surface area contributed by atoms with Gasteiger partial charge in [0.05, 0.1) is 18.2 Å². The maximum Gasteiger partial charge on any atom is 0.295 e. The number of ketones is 1. The summed E-state index contributed by atoms with van der Waals surface area (Å²) in [6, 6.07) is 11.8. The lowest BCUT2D eigenvalue weighted by molar-refractivity contribution is -0.139. The highest BCUT2D eigenvalue weighted by Crippen LogP contribution is 2.40. The molecule has 1 aliphatic heterocycles. The fraction of sp³-hybridized carbons (Fsp3) is 0.385. The average molecular weight is 440 g/mol. The van der Waals surface area contributed by atoms with Crippen LogP contribution in [0.15, 0.2) is 54.1 Å². The van der Waals surface area contributed by atoms with Crippen LogP contribution in [0.4, 0.5) is 4.39 Å². The Balaban J connectivity index is 2.02. The number of hydrogen-bond donors (Lipinski definition) is 1.